The third-order valence-corrected chi connectivity index (χ3v) is 5.35. The highest BCUT2D eigenvalue weighted by Crippen LogP contribution is 2.30. The molecular weight excluding hydrogens is 325 g/mol. The van der Waals surface area contributed by atoms with Gasteiger partial charge in [-0.25, -0.2) is 4.39 Å². The lowest BCUT2D eigenvalue weighted by atomic mass is 9.82. The Bertz CT molecular complexity index is 667. The first-order valence-corrected chi connectivity index (χ1v) is 8.68. The summed E-state index contributed by atoms with van der Waals surface area (Å²) < 4.78 is 13.2. The lowest BCUT2D eigenvalue weighted by Crippen LogP contribution is -2.50. The van der Waals surface area contributed by atoms with E-state index in [9.17, 15) is 23.9 Å². The Balaban J connectivity index is 2.07. The number of Topliss-reactive ketones (excluding diaryl/α,β-unsaturated/α-hetero) is 2. The summed E-state index contributed by atoms with van der Waals surface area (Å²) in [5, 5.41) is 10.6. The molecule has 1 N–H and O–H groups in total. The summed E-state index contributed by atoms with van der Waals surface area (Å²) in [6.07, 6.45) is -0.144. The third kappa shape index (κ3) is 3.89. The van der Waals surface area contributed by atoms with Crippen molar-refractivity contribution in [2.24, 2.45) is 0 Å². The van der Waals surface area contributed by atoms with E-state index in [0.717, 1.165) is 0 Å². The molecule has 0 aromatic heterocycles. The van der Waals surface area contributed by atoms with Crippen LogP contribution in [0.15, 0.2) is 22.3 Å². The van der Waals surface area contributed by atoms with Gasteiger partial charge < -0.3 is 10.0 Å². The monoisotopic (exact) mass is 351 g/mol. The second-order valence-electron chi connectivity index (χ2n) is 7.25. The molecule has 1 amide bonds. The summed E-state index contributed by atoms with van der Waals surface area (Å²) in [5.74, 6) is -0.810. The molecule has 1 unspecified atom stereocenters. The van der Waals surface area contributed by atoms with Crippen molar-refractivity contribution in [3.05, 3.63) is 22.3 Å². The molecule has 0 spiro atoms. The number of nitrogens with zero attached hydrogens (tertiary/aromatic N) is 1. The van der Waals surface area contributed by atoms with E-state index in [4.69, 9.17) is 0 Å². The maximum absolute atomic E-state index is 13.2. The Hall–Kier alpha value is -1.82. The number of likely N-dealkylation sites (tertiary alicyclic amines) is 1. The molecule has 1 aliphatic carbocycles. The summed E-state index contributed by atoms with van der Waals surface area (Å²) in [4.78, 5) is 38.6. The van der Waals surface area contributed by atoms with Crippen LogP contribution < -0.4 is 0 Å². The van der Waals surface area contributed by atoms with Crippen molar-refractivity contribution in [1.29, 1.82) is 0 Å². The number of hydrogen-bond donors (Lipinski definition) is 1. The van der Waals surface area contributed by atoms with Crippen LogP contribution in [0.4, 0.5) is 4.39 Å². The zero-order chi connectivity index (χ0) is 18.9. The van der Waals surface area contributed by atoms with E-state index < -0.39 is 17.7 Å². The molecule has 5 nitrogen and oxygen atoms in total. The Morgan fingerprint density at radius 2 is 1.64 bits per heavy atom. The predicted molar refractivity (Wildman–Crippen MR) is 91.7 cm³/mol. The smallest absolute Gasteiger partial charge is 0.254 e. The molecule has 2 aliphatic rings. The maximum Gasteiger partial charge on any atom is 0.254 e. The quantitative estimate of drug-likeness (QED) is 0.789. The third-order valence-electron chi connectivity index (χ3n) is 5.35. The van der Waals surface area contributed by atoms with Crippen LogP contribution >= 0.6 is 0 Å². The van der Waals surface area contributed by atoms with Crippen LogP contribution in [0.1, 0.15) is 53.4 Å². The number of ketones is 2. The van der Waals surface area contributed by atoms with Gasteiger partial charge in [0.2, 0.25) is 0 Å². The molecular formula is C19H26FNO4. The zero-order valence-corrected chi connectivity index (χ0v) is 15.3. The first-order valence-electron chi connectivity index (χ1n) is 8.68. The van der Waals surface area contributed by atoms with Crippen LogP contribution in [0.2, 0.25) is 0 Å². The van der Waals surface area contributed by atoms with E-state index in [1.54, 1.807) is 20.8 Å². The van der Waals surface area contributed by atoms with Crippen molar-refractivity contribution in [1.82, 2.24) is 4.90 Å². The zero-order valence-electron chi connectivity index (χ0n) is 15.3. The minimum Gasteiger partial charge on any atom is -0.380 e. The number of rotatable bonds is 4. The number of amides is 1. The molecule has 1 saturated heterocycles. The Kier molecular flexibility index (Phi) is 5.62. The average molecular weight is 351 g/mol. The molecule has 25 heavy (non-hydrogen) atoms. The maximum atomic E-state index is 13.2. The molecule has 2 rings (SSSR count). The van der Waals surface area contributed by atoms with Gasteiger partial charge >= 0.3 is 0 Å². The van der Waals surface area contributed by atoms with Gasteiger partial charge in [0, 0.05) is 35.4 Å². The van der Waals surface area contributed by atoms with Gasteiger partial charge in [0.25, 0.3) is 5.91 Å². The topological polar surface area (TPSA) is 74.7 Å². The van der Waals surface area contributed by atoms with Crippen LogP contribution in [0.3, 0.4) is 0 Å². The molecule has 138 valence electrons. The molecule has 1 heterocycles. The van der Waals surface area contributed by atoms with Crippen molar-refractivity contribution in [2.75, 3.05) is 13.1 Å². The van der Waals surface area contributed by atoms with Crippen molar-refractivity contribution >= 4 is 17.5 Å². The Labute approximate surface area is 147 Å². The van der Waals surface area contributed by atoms with Crippen LogP contribution in [-0.2, 0) is 14.4 Å². The highest BCUT2D eigenvalue weighted by molar-refractivity contribution is 6.24. The fourth-order valence-electron chi connectivity index (χ4n) is 3.32. The normalized spacial score (nSPS) is 22.6. The molecule has 0 radical (unpaired) electrons. The summed E-state index contributed by atoms with van der Waals surface area (Å²) in [7, 11) is 0. The van der Waals surface area contributed by atoms with E-state index in [2.05, 4.69) is 0 Å². The Morgan fingerprint density at radius 3 is 2.20 bits per heavy atom. The van der Waals surface area contributed by atoms with E-state index in [1.165, 1.54) is 11.8 Å². The van der Waals surface area contributed by atoms with Crippen LogP contribution in [0.25, 0.3) is 0 Å². The number of allylic oxidation sites excluding steroid dienone is 4. The molecule has 0 saturated carbocycles. The standard InChI is InChI=1S/C19H26FNO4/c1-11-12(2)17(23)15(13(3)16(11)22)5-8-19(4,25)18(24)21-9-6-14(20)7-10-21/h14,25H,5-10H2,1-4H3. The van der Waals surface area contributed by atoms with Crippen molar-refractivity contribution in [2.45, 2.75) is 65.2 Å². The molecule has 1 fully saturated rings. The minimum atomic E-state index is -1.65. The SMILES string of the molecule is CC1=C(C)C(=O)C(CCC(C)(O)C(=O)N2CCC(F)CC2)=C(C)C1=O. The second-order valence-corrected chi connectivity index (χ2v) is 7.25. The highest BCUT2D eigenvalue weighted by Gasteiger charge is 2.37. The number of carbonyl (C=O) groups is 3. The molecule has 1 atom stereocenters. The van der Waals surface area contributed by atoms with Gasteiger partial charge in [0.15, 0.2) is 11.6 Å². The molecule has 0 aromatic rings. The fourth-order valence-corrected chi connectivity index (χ4v) is 3.32. The van der Waals surface area contributed by atoms with Gasteiger partial charge in [-0.2, -0.15) is 0 Å². The lowest BCUT2D eigenvalue weighted by molar-refractivity contribution is -0.151. The van der Waals surface area contributed by atoms with Gasteiger partial charge in [0.05, 0.1) is 0 Å². The number of hydrogen-bond acceptors (Lipinski definition) is 4. The molecule has 6 heteroatoms. The van der Waals surface area contributed by atoms with Crippen molar-refractivity contribution < 1.29 is 23.9 Å². The van der Waals surface area contributed by atoms with Gasteiger partial charge in [-0.05, 0) is 53.4 Å². The summed E-state index contributed by atoms with van der Waals surface area (Å²) in [5.41, 5.74) is -0.0351. The Morgan fingerprint density at radius 1 is 1.12 bits per heavy atom. The number of halogens is 1. The van der Waals surface area contributed by atoms with Crippen LogP contribution in [-0.4, -0.2) is 52.3 Å². The molecule has 1 aliphatic heterocycles. The number of piperidine rings is 1. The first-order chi connectivity index (χ1) is 11.6. The van der Waals surface area contributed by atoms with Crippen molar-refractivity contribution in [3.63, 3.8) is 0 Å². The van der Waals surface area contributed by atoms with Gasteiger partial charge in [0.1, 0.15) is 11.8 Å². The highest BCUT2D eigenvalue weighted by atomic mass is 19.1. The predicted octanol–water partition coefficient (Wildman–Crippen LogP) is 2.28. The van der Waals surface area contributed by atoms with E-state index >= 15 is 0 Å². The summed E-state index contributed by atoms with van der Waals surface area (Å²) in [6, 6.07) is 0. The average Bonchev–Trinajstić information content (AvgIpc) is 2.58. The van der Waals surface area contributed by atoms with Crippen molar-refractivity contribution in [3.8, 4) is 0 Å². The van der Waals surface area contributed by atoms with Crippen LogP contribution in [0.5, 0.6) is 0 Å². The molecule has 0 aromatic carbocycles. The number of carbonyl (C=O) groups excluding carboxylic acids is 3. The minimum absolute atomic E-state index is 0.0411. The number of alkyl halides is 1. The summed E-state index contributed by atoms with van der Waals surface area (Å²) >= 11 is 0. The first kappa shape index (κ1) is 19.5. The lowest BCUT2D eigenvalue weighted by Gasteiger charge is -2.34. The van der Waals surface area contributed by atoms with Gasteiger partial charge in [-0.15, -0.1) is 0 Å². The van der Waals surface area contributed by atoms with E-state index in [1.807, 2.05) is 0 Å². The second kappa shape index (κ2) is 7.20. The van der Waals surface area contributed by atoms with Gasteiger partial charge in [-0.1, -0.05) is 0 Å². The summed E-state index contributed by atoms with van der Waals surface area (Å²) in [6.45, 7) is 6.84. The van der Waals surface area contributed by atoms with Crippen LogP contribution in [0, 0.1) is 0 Å². The van der Waals surface area contributed by atoms with Gasteiger partial charge in [-0.3, -0.25) is 14.4 Å². The van der Waals surface area contributed by atoms with E-state index in [-0.39, 0.29) is 50.3 Å². The van der Waals surface area contributed by atoms with E-state index in [0.29, 0.717) is 22.3 Å². The fraction of sp³-hybridized carbons (Fsp3) is 0.632. The number of aliphatic hydroxyl groups is 1. The molecule has 0 bridgehead atoms. The largest absolute Gasteiger partial charge is 0.380 e.